The molecule has 0 heterocycles. The van der Waals surface area contributed by atoms with Crippen LogP contribution in [0, 0.1) is 5.92 Å². The van der Waals surface area contributed by atoms with Crippen LogP contribution in [0.15, 0.2) is 12.7 Å². The summed E-state index contributed by atoms with van der Waals surface area (Å²) in [5.74, 6) is 0.392. The Morgan fingerprint density at radius 3 is 2.13 bits per heavy atom. The molecule has 0 aliphatic carbocycles. The van der Waals surface area contributed by atoms with Crippen molar-refractivity contribution < 1.29 is 5.11 Å². The van der Waals surface area contributed by atoms with Gasteiger partial charge in [0, 0.05) is 0 Å². The number of hydrogen-bond acceptors (Lipinski definition) is 1. The molecule has 0 radical (unpaired) electrons. The Morgan fingerprint density at radius 1 is 1.33 bits per heavy atom. The van der Waals surface area contributed by atoms with Gasteiger partial charge in [-0.3, -0.25) is 0 Å². The Morgan fingerprint density at radius 2 is 1.80 bits per heavy atom. The van der Waals surface area contributed by atoms with Crippen molar-refractivity contribution in [1.29, 1.82) is 0 Å². The molecule has 0 unspecified atom stereocenters. The number of aliphatic hydroxyl groups is 1. The second-order valence-corrected chi connectivity index (χ2v) is 12.1. The Hall–Kier alpha value is -0.0831. The van der Waals surface area contributed by atoms with Crippen molar-refractivity contribution in [3.63, 3.8) is 0 Å². The van der Waals surface area contributed by atoms with Crippen molar-refractivity contribution in [2.75, 3.05) is 0 Å². The summed E-state index contributed by atoms with van der Waals surface area (Å²) in [6.45, 7) is 17.7. The van der Waals surface area contributed by atoms with Crippen LogP contribution in [0.4, 0.5) is 0 Å². The molecule has 1 N–H and O–H groups in total. The SMILES string of the molecule is C=CC[C@@H](O)[C@@H](C)C[Si](C)(C)C(C)(C)C. The lowest BCUT2D eigenvalue weighted by molar-refractivity contribution is 0.127. The third-order valence-electron chi connectivity index (χ3n) is 3.93. The fraction of sp³-hybridized carbons (Fsp3) is 0.846. The van der Waals surface area contributed by atoms with Crippen molar-refractivity contribution in [3.05, 3.63) is 12.7 Å². The van der Waals surface area contributed by atoms with Gasteiger partial charge >= 0.3 is 0 Å². The molecule has 0 aromatic carbocycles. The molecule has 0 aromatic heterocycles. The van der Waals surface area contributed by atoms with Gasteiger partial charge in [-0.2, -0.15) is 0 Å². The minimum atomic E-state index is -1.25. The van der Waals surface area contributed by atoms with Crippen molar-refractivity contribution in [2.45, 2.75) is 64.4 Å². The number of rotatable bonds is 5. The van der Waals surface area contributed by atoms with Crippen LogP contribution in [0.3, 0.4) is 0 Å². The van der Waals surface area contributed by atoms with E-state index in [0.717, 1.165) is 6.42 Å². The number of hydrogen-bond donors (Lipinski definition) is 1. The molecular weight excluding hydrogens is 200 g/mol. The van der Waals surface area contributed by atoms with E-state index >= 15 is 0 Å². The van der Waals surface area contributed by atoms with Gasteiger partial charge in [0.25, 0.3) is 0 Å². The van der Waals surface area contributed by atoms with Crippen molar-refractivity contribution in [2.24, 2.45) is 5.92 Å². The van der Waals surface area contributed by atoms with Crippen LogP contribution in [-0.4, -0.2) is 19.3 Å². The van der Waals surface area contributed by atoms with Crippen molar-refractivity contribution >= 4 is 8.07 Å². The lowest BCUT2D eigenvalue weighted by Crippen LogP contribution is -2.40. The van der Waals surface area contributed by atoms with Gasteiger partial charge in [0.2, 0.25) is 0 Å². The molecule has 0 saturated heterocycles. The maximum absolute atomic E-state index is 9.90. The van der Waals surface area contributed by atoms with Crippen molar-refractivity contribution in [3.8, 4) is 0 Å². The van der Waals surface area contributed by atoms with E-state index < -0.39 is 8.07 Å². The average Bonchev–Trinajstić information content (AvgIpc) is 2.01. The molecule has 0 rings (SSSR count). The fourth-order valence-corrected chi connectivity index (χ4v) is 4.14. The van der Waals surface area contributed by atoms with Gasteiger partial charge in [-0.15, -0.1) is 6.58 Å². The molecule has 0 amide bonds. The summed E-state index contributed by atoms with van der Waals surface area (Å²) in [6, 6.07) is 1.19. The highest BCUT2D eigenvalue weighted by molar-refractivity contribution is 6.80. The van der Waals surface area contributed by atoms with Gasteiger partial charge in [0.05, 0.1) is 14.2 Å². The summed E-state index contributed by atoms with van der Waals surface area (Å²) in [5, 5.41) is 10.3. The average molecular weight is 228 g/mol. The van der Waals surface area contributed by atoms with E-state index in [-0.39, 0.29) is 6.10 Å². The van der Waals surface area contributed by atoms with E-state index in [1.165, 1.54) is 6.04 Å². The summed E-state index contributed by atoms with van der Waals surface area (Å²) < 4.78 is 0. The van der Waals surface area contributed by atoms with Crippen LogP contribution in [-0.2, 0) is 0 Å². The third kappa shape index (κ3) is 4.52. The van der Waals surface area contributed by atoms with Crippen LogP contribution in [0.2, 0.25) is 24.2 Å². The zero-order chi connectivity index (χ0) is 12.3. The highest BCUT2D eigenvalue weighted by Gasteiger charge is 2.36. The van der Waals surface area contributed by atoms with Crippen molar-refractivity contribution in [1.82, 2.24) is 0 Å². The first kappa shape index (κ1) is 14.9. The second kappa shape index (κ2) is 5.31. The minimum absolute atomic E-state index is 0.211. The summed E-state index contributed by atoms with van der Waals surface area (Å²) in [4.78, 5) is 0. The first-order valence-electron chi connectivity index (χ1n) is 5.91. The predicted molar refractivity (Wildman–Crippen MR) is 72.0 cm³/mol. The summed E-state index contributed by atoms with van der Waals surface area (Å²) in [7, 11) is -1.25. The highest BCUT2D eigenvalue weighted by Crippen LogP contribution is 2.41. The summed E-state index contributed by atoms with van der Waals surface area (Å²) in [6.07, 6.45) is 2.32. The molecule has 0 fully saturated rings. The molecule has 1 nitrogen and oxygen atoms in total. The van der Waals surface area contributed by atoms with Gasteiger partial charge in [-0.25, -0.2) is 0 Å². The van der Waals surface area contributed by atoms with E-state index in [1.54, 1.807) is 0 Å². The first-order valence-corrected chi connectivity index (χ1v) is 9.11. The molecule has 0 saturated carbocycles. The minimum Gasteiger partial charge on any atom is -0.393 e. The molecular formula is C13H28OSi. The van der Waals surface area contributed by atoms with Gasteiger partial charge in [0.1, 0.15) is 0 Å². The van der Waals surface area contributed by atoms with Gasteiger partial charge in [-0.1, -0.05) is 52.9 Å². The maximum atomic E-state index is 9.90. The molecule has 0 aromatic rings. The molecule has 0 aliphatic rings. The highest BCUT2D eigenvalue weighted by atomic mass is 28.3. The van der Waals surface area contributed by atoms with Crippen LogP contribution in [0.1, 0.15) is 34.1 Å². The standard InChI is InChI=1S/C13H28OSi/c1-8-9-12(14)11(2)10-15(6,7)13(3,4)5/h8,11-12,14H,1,9-10H2,2-7H3/t11-,12+/m0/s1. The monoisotopic (exact) mass is 228 g/mol. The summed E-state index contributed by atoms with van der Waals surface area (Å²) >= 11 is 0. The largest absolute Gasteiger partial charge is 0.393 e. The molecule has 90 valence electrons. The maximum Gasteiger partial charge on any atom is 0.0597 e. The Kier molecular flexibility index (Phi) is 5.28. The van der Waals surface area contributed by atoms with E-state index in [1.807, 2.05) is 6.08 Å². The molecule has 0 aliphatic heterocycles. The van der Waals surface area contributed by atoms with Gasteiger partial charge < -0.3 is 5.11 Å². The Balaban J connectivity index is 4.39. The number of aliphatic hydroxyl groups excluding tert-OH is 1. The molecule has 0 spiro atoms. The first-order chi connectivity index (χ1) is 6.62. The molecule has 2 heteroatoms. The van der Waals surface area contributed by atoms with Gasteiger partial charge in [-0.05, 0) is 17.4 Å². The predicted octanol–water partition coefficient (Wildman–Crippen LogP) is 4.07. The topological polar surface area (TPSA) is 20.2 Å². The van der Waals surface area contributed by atoms with Crippen LogP contribution in [0.25, 0.3) is 0 Å². The lowest BCUT2D eigenvalue weighted by atomic mass is 10.0. The fourth-order valence-electron chi connectivity index (χ4n) is 1.65. The second-order valence-electron chi connectivity index (χ2n) is 6.41. The quantitative estimate of drug-likeness (QED) is 0.555. The third-order valence-corrected chi connectivity index (χ3v) is 9.65. The van der Waals surface area contributed by atoms with E-state index in [2.05, 4.69) is 47.4 Å². The van der Waals surface area contributed by atoms with Crippen LogP contribution < -0.4 is 0 Å². The molecule has 15 heavy (non-hydrogen) atoms. The summed E-state index contributed by atoms with van der Waals surface area (Å²) in [5.41, 5.74) is 0. The van der Waals surface area contributed by atoms with E-state index in [0.29, 0.717) is 11.0 Å². The Labute approximate surface area is 96.6 Å². The zero-order valence-electron chi connectivity index (χ0n) is 11.3. The molecule has 2 atom stereocenters. The van der Waals surface area contributed by atoms with E-state index in [4.69, 9.17) is 0 Å². The normalized spacial score (nSPS) is 17.3. The van der Waals surface area contributed by atoms with Crippen LogP contribution in [0.5, 0.6) is 0 Å². The Bertz CT molecular complexity index is 203. The molecule has 0 bridgehead atoms. The van der Waals surface area contributed by atoms with E-state index in [9.17, 15) is 5.11 Å². The van der Waals surface area contributed by atoms with Gasteiger partial charge in [0.15, 0.2) is 0 Å². The van der Waals surface area contributed by atoms with Crippen LogP contribution >= 0.6 is 0 Å². The zero-order valence-corrected chi connectivity index (χ0v) is 12.3. The smallest absolute Gasteiger partial charge is 0.0597 e. The lowest BCUT2D eigenvalue weighted by Gasteiger charge is -2.39.